The number of benzene rings is 2. The number of ether oxygens (including phenoxy) is 2. The molecule has 0 aliphatic carbocycles. The average molecular weight is 421 g/mol. The Morgan fingerprint density at radius 1 is 0.885 bits per heavy atom. The van der Waals surface area contributed by atoms with Crippen molar-refractivity contribution in [2.45, 2.75) is 59.3 Å². The molecule has 26 heavy (non-hydrogen) atoms. The van der Waals surface area contributed by atoms with E-state index in [2.05, 4.69) is 67.0 Å². The molecule has 0 bridgehead atoms. The van der Waals surface area contributed by atoms with Gasteiger partial charge in [-0.3, -0.25) is 0 Å². The molecule has 0 radical (unpaired) electrons. The summed E-state index contributed by atoms with van der Waals surface area (Å²) < 4.78 is 11.9. The van der Waals surface area contributed by atoms with Crippen molar-refractivity contribution in [3.63, 3.8) is 0 Å². The number of hydrogen-bond donors (Lipinski definition) is 0. The Kier molecular flexibility index (Phi) is 9.31. The fourth-order valence-corrected chi connectivity index (χ4v) is 3.44. The zero-order chi connectivity index (χ0) is 18.8. The minimum absolute atomic E-state index is 0.533. The van der Waals surface area contributed by atoms with Crippen molar-refractivity contribution in [2.24, 2.45) is 5.92 Å². The van der Waals surface area contributed by atoms with E-state index in [4.69, 9.17) is 9.47 Å². The number of unbranched alkanes of at least 4 members (excludes halogenated alkanes) is 5. The maximum atomic E-state index is 5.95. The summed E-state index contributed by atoms with van der Waals surface area (Å²) in [7, 11) is 0. The molecule has 2 rings (SSSR count). The fourth-order valence-electron chi connectivity index (χ4n) is 3.04. The molecule has 2 nitrogen and oxygen atoms in total. The predicted octanol–water partition coefficient (Wildman–Crippen LogP) is 7.30. The predicted molar refractivity (Wildman–Crippen MR) is 116 cm³/mol. The number of halogens is 1. The van der Waals surface area contributed by atoms with Crippen molar-refractivity contribution in [1.29, 1.82) is 0 Å². The zero-order valence-corrected chi connectivity index (χ0v) is 18.1. The molecule has 0 heterocycles. The van der Waals surface area contributed by atoms with Gasteiger partial charge in [0.2, 0.25) is 0 Å². The first-order valence-electron chi connectivity index (χ1n) is 9.96. The first-order chi connectivity index (χ1) is 12.6. The van der Waals surface area contributed by atoms with Gasteiger partial charge in [-0.1, -0.05) is 67.6 Å². The quantitative estimate of drug-likeness (QED) is 0.264. The molecule has 0 aliphatic heterocycles. The number of rotatable bonds is 12. The minimum atomic E-state index is 0.533. The van der Waals surface area contributed by atoms with Crippen molar-refractivity contribution in [3.8, 4) is 11.5 Å². The summed E-state index contributed by atoms with van der Waals surface area (Å²) in [6, 6.07) is 10.6. The van der Waals surface area contributed by atoms with Crippen LogP contribution in [0.5, 0.6) is 11.5 Å². The summed E-state index contributed by atoms with van der Waals surface area (Å²) in [5, 5.41) is 3.58. The molecule has 0 unspecified atom stereocenters. The lowest BCUT2D eigenvalue weighted by Crippen LogP contribution is -2.05. The molecule has 2 aromatic carbocycles. The summed E-state index contributed by atoms with van der Waals surface area (Å²) in [5.74, 6) is 2.48. The van der Waals surface area contributed by atoms with Crippen molar-refractivity contribution in [1.82, 2.24) is 0 Å². The van der Waals surface area contributed by atoms with Crippen molar-refractivity contribution < 1.29 is 9.47 Å². The van der Waals surface area contributed by atoms with Gasteiger partial charge in [-0.05, 0) is 60.2 Å². The molecule has 0 fully saturated rings. The van der Waals surface area contributed by atoms with Crippen LogP contribution >= 0.6 is 15.9 Å². The number of alkyl halides is 1. The van der Waals surface area contributed by atoms with Crippen LogP contribution in [0, 0.1) is 12.8 Å². The van der Waals surface area contributed by atoms with E-state index in [9.17, 15) is 0 Å². The third-order valence-electron chi connectivity index (χ3n) is 4.58. The lowest BCUT2D eigenvalue weighted by atomic mass is 10.0. The molecule has 0 aliphatic rings. The van der Waals surface area contributed by atoms with E-state index >= 15 is 0 Å². The summed E-state index contributed by atoms with van der Waals surface area (Å²) in [4.78, 5) is 0. The Morgan fingerprint density at radius 2 is 1.62 bits per heavy atom. The normalized spacial score (nSPS) is 11.3. The van der Waals surface area contributed by atoms with Gasteiger partial charge >= 0.3 is 0 Å². The smallest absolute Gasteiger partial charge is 0.122 e. The molecule has 0 spiro atoms. The fraction of sp³-hybridized carbons (Fsp3) is 0.565. The van der Waals surface area contributed by atoms with Gasteiger partial charge in [0.1, 0.15) is 11.5 Å². The van der Waals surface area contributed by atoms with Gasteiger partial charge in [0, 0.05) is 5.33 Å². The Bertz CT molecular complexity index is 667. The highest BCUT2D eigenvalue weighted by Crippen LogP contribution is 2.30. The van der Waals surface area contributed by atoms with Crippen LogP contribution in [-0.4, -0.2) is 18.5 Å². The molecular weight excluding hydrogens is 388 g/mol. The van der Waals surface area contributed by atoms with Gasteiger partial charge in [-0.15, -0.1) is 0 Å². The molecular formula is C23H33BrO2. The van der Waals surface area contributed by atoms with E-state index < -0.39 is 0 Å². The van der Waals surface area contributed by atoms with Crippen LogP contribution in [0.25, 0.3) is 10.8 Å². The number of fused-ring (bicyclic) bond motifs is 1. The van der Waals surface area contributed by atoms with Crippen molar-refractivity contribution in [3.05, 3.63) is 35.9 Å². The van der Waals surface area contributed by atoms with Crippen molar-refractivity contribution in [2.75, 3.05) is 18.5 Å². The van der Waals surface area contributed by atoms with Crippen LogP contribution in [-0.2, 0) is 0 Å². The standard InChI is InChI=1S/C23H33BrO2/c1-18(2)17-26-23-13-10-20-16-21(11-12-22(20)19(23)3)25-15-9-7-5-4-6-8-14-24/h10-13,16,18H,4-9,14-15,17H2,1-3H3. The molecule has 0 atom stereocenters. The van der Waals surface area contributed by atoms with Crippen LogP contribution in [0.2, 0.25) is 0 Å². The van der Waals surface area contributed by atoms with E-state index in [0.29, 0.717) is 5.92 Å². The summed E-state index contributed by atoms with van der Waals surface area (Å²) >= 11 is 3.48. The maximum Gasteiger partial charge on any atom is 0.122 e. The van der Waals surface area contributed by atoms with E-state index in [-0.39, 0.29) is 0 Å². The SMILES string of the molecule is Cc1c(OCC(C)C)ccc2cc(OCCCCCCCCBr)ccc12. The second-order valence-electron chi connectivity index (χ2n) is 7.44. The number of hydrogen-bond acceptors (Lipinski definition) is 2. The lowest BCUT2D eigenvalue weighted by molar-refractivity contribution is 0.270. The van der Waals surface area contributed by atoms with E-state index in [1.807, 2.05) is 0 Å². The molecule has 2 aromatic rings. The topological polar surface area (TPSA) is 18.5 Å². The molecule has 0 saturated heterocycles. The molecule has 0 saturated carbocycles. The lowest BCUT2D eigenvalue weighted by Gasteiger charge is -2.14. The van der Waals surface area contributed by atoms with Gasteiger partial charge in [0.15, 0.2) is 0 Å². The molecule has 0 amide bonds. The van der Waals surface area contributed by atoms with E-state index in [0.717, 1.165) is 36.5 Å². The van der Waals surface area contributed by atoms with Crippen LogP contribution in [0.4, 0.5) is 0 Å². The van der Waals surface area contributed by atoms with Gasteiger partial charge in [-0.2, -0.15) is 0 Å². The highest BCUT2D eigenvalue weighted by atomic mass is 79.9. The van der Waals surface area contributed by atoms with Gasteiger partial charge in [-0.25, -0.2) is 0 Å². The van der Waals surface area contributed by atoms with Gasteiger partial charge in [0.05, 0.1) is 13.2 Å². The van der Waals surface area contributed by atoms with Crippen molar-refractivity contribution >= 4 is 26.7 Å². The van der Waals surface area contributed by atoms with Crippen LogP contribution in [0.15, 0.2) is 30.3 Å². The Labute approximate surface area is 167 Å². The van der Waals surface area contributed by atoms with Gasteiger partial charge < -0.3 is 9.47 Å². The largest absolute Gasteiger partial charge is 0.494 e. The maximum absolute atomic E-state index is 5.95. The Morgan fingerprint density at radius 3 is 2.35 bits per heavy atom. The monoisotopic (exact) mass is 420 g/mol. The highest BCUT2D eigenvalue weighted by molar-refractivity contribution is 9.09. The minimum Gasteiger partial charge on any atom is -0.494 e. The van der Waals surface area contributed by atoms with Crippen LogP contribution in [0.3, 0.4) is 0 Å². The third-order valence-corrected chi connectivity index (χ3v) is 5.14. The average Bonchev–Trinajstić information content (AvgIpc) is 2.63. The summed E-state index contributed by atoms with van der Waals surface area (Å²) in [5.41, 5.74) is 1.21. The molecule has 0 aromatic heterocycles. The second kappa shape index (κ2) is 11.5. The summed E-state index contributed by atoms with van der Waals surface area (Å²) in [6.45, 7) is 8.03. The number of aryl methyl sites for hydroxylation is 1. The van der Waals surface area contributed by atoms with E-state index in [1.165, 1.54) is 48.4 Å². The second-order valence-corrected chi connectivity index (χ2v) is 8.23. The van der Waals surface area contributed by atoms with Gasteiger partial charge in [0.25, 0.3) is 0 Å². The zero-order valence-electron chi connectivity index (χ0n) is 16.5. The summed E-state index contributed by atoms with van der Waals surface area (Å²) in [6.07, 6.45) is 7.66. The third kappa shape index (κ3) is 6.83. The Balaban J connectivity index is 1.84. The van der Waals surface area contributed by atoms with E-state index in [1.54, 1.807) is 0 Å². The molecule has 3 heteroatoms. The van der Waals surface area contributed by atoms with Crippen LogP contribution in [0.1, 0.15) is 57.9 Å². The first kappa shape index (κ1) is 21.1. The van der Waals surface area contributed by atoms with Crippen LogP contribution < -0.4 is 9.47 Å². The highest BCUT2D eigenvalue weighted by Gasteiger charge is 2.07. The Hall–Kier alpha value is -1.22. The molecule has 144 valence electrons. The first-order valence-corrected chi connectivity index (χ1v) is 11.1. The molecule has 0 N–H and O–H groups in total.